The summed E-state index contributed by atoms with van der Waals surface area (Å²) in [5.41, 5.74) is 2.73. The van der Waals surface area contributed by atoms with E-state index in [1.54, 1.807) is 0 Å². The largest absolute Gasteiger partial charge is 0.158 e. The summed E-state index contributed by atoms with van der Waals surface area (Å²) in [6, 6.07) is 17.6. The zero-order valence-corrected chi connectivity index (χ0v) is 10.7. The quantitative estimate of drug-likeness (QED) is 0.555. The molecule has 0 saturated heterocycles. The van der Waals surface area contributed by atoms with E-state index in [0.717, 1.165) is 6.42 Å². The molecule has 2 rings (SSSR count). The lowest BCUT2D eigenvalue weighted by molar-refractivity contribution is 1.13. The van der Waals surface area contributed by atoms with Crippen LogP contribution in [-0.4, -0.2) is 0 Å². The Bertz CT molecular complexity index is 440. The van der Waals surface area contributed by atoms with Gasteiger partial charge >= 0.3 is 0 Å². The smallest absolute Gasteiger partial charge is 0.0613 e. The molecule has 0 bridgehead atoms. The highest BCUT2D eigenvalue weighted by Crippen LogP contribution is 2.14. The van der Waals surface area contributed by atoms with Crippen molar-refractivity contribution in [3.63, 3.8) is 0 Å². The van der Waals surface area contributed by atoms with Crippen LogP contribution in [0.2, 0.25) is 0 Å². The summed E-state index contributed by atoms with van der Waals surface area (Å²) in [5.74, 6) is 0. The summed E-state index contributed by atoms with van der Waals surface area (Å²) in [6.07, 6.45) is 1.11. The minimum Gasteiger partial charge on any atom is -0.0613 e. The number of thiol groups is 1. The Hall–Kier alpha value is -1.21. The molecule has 0 nitrogen and oxygen atoms in total. The van der Waals surface area contributed by atoms with Gasteiger partial charge in [0, 0.05) is 11.8 Å². The van der Waals surface area contributed by atoms with E-state index in [9.17, 15) is 0 Å². The van der Waals surface area contributed by atoms with E-state index in [0.29, 0.717) is 0 Å². The van der Waals surface area contributed by atoms with E-state index in [1.165, 1.54) is 32.7 Å². The highest BCUT2D eigenvalue weighted by atomic mass is 32.2. The summed E-state index contributed by atoms with van der Waals surface area (Å²) < 4.78 is 0. The van der Waals surface area contributed by atoms with E-state index in [4.69, 9.17) is 0 Å². The Morgan fingerprint density at radius 3 is 1.81 bits per heavy atom. The van der Waals surface area contributed by atoms with Crippen LogP contribution in [0.15, 0.2) is 58.3 Å². The van der Waals surface area contributed by atoms with Crippen molar-refractivity contribution in [1.82, 2.24) is 0 Å². The Morgan fingerprint density at radius 1 is 0.812 bits per heavy atom. The Labute approximate surface area is 102 Å². The molecule has 2 aromatic rings. The normalized spacial score (nSPS) is 10.4. The molecule has 0 aliphatic carbocycles. The van der Waals surface area contributed by atoms with Gasteiger partial charge in [-0.05, 0) is 43.2 Å². The summed E-state index contributed by atoms with van der Waals surface area (Å²) in [4.78, 5) is 2.72. The molecule has 0 aromatic heterocycles. The average Bonchev–Trinajstić information content (AvgIpc) is 2.33. The van der Waals surface area contributed by atoms with Gasteiger partial charge < -0.3 is 0 Å². The minimum atomic E-state index is 1.11. The van der Waals surface area contributed by atoms with Crippen LogP contribution in [0.5, 0.6) is 0 Å². The number of rotatable bonds is 3. The zero-order chi connectivity index (χ0) is 11.4. The average molecular weight is 229 g/mol. The van der Waals surface area contributed by atoms with Crippen molar-refractivity contribution < 1.29 is 0 Å². The van der Waals surface area contributed by atoms with E-state index in [-0.39, 0.29) is 0 Å². The molecule has 1 heteroatoms. The Balaban J connectivity index is 2.11. The molecule has 0 aliphatic rings. The molecule has 0 spiro atoms. The van der Waals surface area contributed by atoms with Crippen molar-refractivity contribution in [2.24, 2.45) is 0 Å². The van der Waals surface area contributed by atoms with E-state index in [2.05, 4.69) is 62.4 Å². The maximum absolute atomic E-state index is 2.22. The molecule has 0 amide bonds. The van der Waals surface area contributed by atoms with E-state index >= 15 is 0 Å². The number of benzene rings is 2. The Kier molecular flexibility index (Phi) is 3.68. The first-order valence-corrected chi connectivity index (χ1v) is 6.55. The van der Waals surface area contributed by atoms with Crippen molar-refractivity contribution in [1.29, 1.82) is 0 Å². The molecular formula is C15H17S+. The van der Waals surface area contributed by atoms with Crippen molar-refractivity contribution in [2.45, 2.75) is 30.1 Å². The predicted molar refractivity (Wildman–Crippen MR) is 72.3 cm³/mol. The van der Waals surface area contributed by atoms with Crippen molar-refractivity contribution in [2.75, 3.05) is 0 Å². The van der Waals surface area contributed by atoms with Crippen LogP contribution < -0.4 is 0 Å². The summed E-state index contributed by atoms with van der Waals surface area (Å²) in [5, 5.41) is 0. The topological polar surface area (TPSA) is 0 Å². The van der Waals surface area contributed by atoms with Gasteiger partial charge in [-0.1, -0.05) is 36.8 Å². The van der Waals surface area contributed by atoms with E-state index < -0.39 is 0 Å². The molecule has 0 heterocycles. The van der Waals surface area contributed by atoms with Crippen molar-refractivity contribution in [3.05, 3.63) is 59.7 Å². The van der Waals surface area contributed by atoms with Gasteiger partial charge in [-0.15, -0.1) is 0 Å². The molecular weight excluding hydrogens is 212 g/mol. The molecule has 0 radical (unpaired) electrons. The lowest BCUT2D eigenvalue weighted by atomic mass is 10.2. The molecule has 0 saturated carbocycles. The molecule has 2 aromatic carbocycles. The highest BCUT2D eigenvalue weighted by molar-refractivity contribution is 7.78. The third-order valence-corrected chi connectivity index (χ3v) is 3.75. The van der Waals surface area contributed by atoms with Gasteiger partial charge in [0.2, 0.25) is 0 Å². The summed E-state index contributed by atoms with van der Waals surface area (Å²) in [7, 11) is 0. The first-order chi connectivity index (χ1) is 7.78. The second-order valence-electron chi connectivity index (χ2n) is 3.97. The monoisotopic (exact) mass is 229 g/mol. The predicted octanol–water partition coefficient (Wildman–Crippen LogP) is 3.79. The fourth-order valence-corrected chi connectivity index (χ4v) is 2.47. The van der Waals surface area contributed by atoms with Gasteiger partial charge in [-0.3, -0.25) is 0 Å². The molecule has 0 N–H and O–H groups in total. The van der Waals surface area contributed by atoms with Gasteiger partial charge in [0.1, 0.15) is 0 Å². The maximum atomic E-state index is 2.22. The van der Waals surface area contributed by atoms with Gasteiger partial charge in [0.05, 0.1) is 0 Å². The SMILES string of the molecule is CCc1ccc([SH+]c2ccc(C)cc2)cc1. The molecule has 82 valence electrons. The fraction of sp³-hybridized carbons (Fsp3) is 0.200. The molecule has 16 heavy (non-hydrogen) atoms. The maximum Gasteiger partial charge on any atom is 0.158 e. The van der Waals surface area contributed by atoms with Gasteiger partial charge in [0.25, 0.3) is 0 Å². The van der Waals surface area contributed by atoms with Crippen LogP contribution in [0.25, 0.3) is 0 Å². The van der Waals surface area contributed by atoms with Crippen LogP contribution in [0.3, 0.4) is 0 Å². The minimum absolute atomic E-state index is 1.11. The van der Waals surface area contributed by atoms with Crippen LogP contribution in [0, 0.1) is 6.92 Å². The third kappa shape index (κ3) is 2.89. The van der Waals surface area contributed by atoms with Crippen LogP contribution in [0.4, 0.5) is 0 Å². The summed E-state index contributed by atoms with van der Waals surface area (Å²) >= 11 is 1.29. The van der Waals surface area contributed by atoms with Crippen LogP contribution in [0.1, 0.15) is 18.1 Å². The molecule has 0 unspecified atom stereocenters. The second kappa shape index (κ2) is 5.22. The van der Waals surface area contributed by atoms with Crippen molar-refractivity contribution >= 4 is 11.8 Å². The van der Waals surface area contributed by atoms with Crippen LogP contribution >= 0.6 is 0 Å². The first-order valence-electron chi connectivity index (χ1n) is 5.65. The lowest BCUT2D eigenvalue weighted by Gasteiger charge is -1.96. The number of aryl methyl sites for hydroxylation is 2. The summed E-state index contributed by atoms with van der Waals surface area (Å²) in [6.45, 7) is 4.31. The zero-order valence-electron chi connectivity index (χ0n) is 9.77. The molecule has 0 atom stereocenters. The third-order valence-electron chi connectivity index (χ3n) is 2.64. The lowest BCUT2D eigenvalue weighted by Crippen LogP contribution is -1.86. The number of hydrogen-bond donors (Lipinski definition) is 0. The van der Waals surface area contributed by atoms with Gasteiger partial charge in [-0.25, -0.2) is 0 Å². The Morgan fingerprint density at radius 2 is 1.31 bits per heavy atom. The molecule has 0 aliphatic heterocycles. The van der Waals surface area contributed by atoms with Gasteiger partial charge in [-0.2, -0.15) is 0 Å². The molecule has 0 fully saturated rings. The first kappa shape index (κ1) is 11.3. The number of hydrogen-bond acceptors (Lipinski definition) is 0. The van der Waals surface area contributed by atoms with Crippen LogP contribution in [-0.2, 0) is 18.2 Å². The van der Waals surface area contributed by atoms with Crippen molar-refractivity contribution in [3.8, 4) is 0 Å². The second-order valence-corrected chi connectivity index (χ2v) is 5.22. The highest BCUT2D eigenvalue weighted by Gasteiger charge is 2.05. The standard InChI is InChI=1S/C15H16S/c1-3-13-6-10-15(11-7-13)16-14-8-4-12(2)5-9-14/h4-11H,3H2,1-2H3/p+1. The van der Waals surface area contributed by atoms with E-state index in [1.807, 2.05) is 0 Å². The van der Waals surface area contributed by atoms with Gasteiger partial charge in [0.15, 0.2) is 9.79 Å². The fourth-order valence-electron chi connectivity index (χ4n) is 1.57.